The Morgan fingerprint density at radius 1 is 1.22 bits per heavy atom. The lowest BCUT2D eigenvalue weighted by Gasteiger charge is -2.12. The minimum absolute atomic E-state index is 0.140. The fraction of sp³-hybridized carbons (Fsp3) is 0.235. The highest BCUT2D eigenvalue weighted by molar-refractivity contribution is 8.14. The Morgan fingerprint density at radius 2 is 1.85 bits per heavy atom. The zero-order valence-electron chi connectivity index (χ0n) is 14.4. The molecule has 3 N–H and O–H groups in total. The molecule has 0 bridgehead atoms. The summed E-state index contributed by atoms with van der Waals surface area (Å²) in [6, 6.07) is 8.20. The van der Waals surface area contributed by atoms with Crippen molar-refractivity contribution >= 4 is 46.1 Å². The van der Waals surface area contributed by atoms with Crippen molar-refractivity contribution in [2.75, 3.05) is 29.5 Å². The Morgan fingerprint density at radius 3 is 2.37 bits per heavy atom. The van der Waals surface area contributed by atoms with Gasteiger partial charge in [-0.1, -0.05) is 11.8 Å². The van der Waals surface area contributed by atoms with Crippen molar-refractivity contribution in [3.05, 3.63) is 36.0 Å². The molecule has 140 valence electrons. The molecular weight excluding hydrogens is 370 g/mol. The molecule has 0 radical (unpaired) electrons. The van der Waals surface area contributed by atoms with Crippen LogP contribution < -0.4 is 16.0 Å². The van der Waals surface area contributed by atoms with Crippen LogP contribution in [0.1, 0.15) is 6.92 Å². The van der Waals surface area contributed by atoms with E-state index in [0.29, 0.717) is 11.4 Å². The number of amides is 4. The first-order valence-electron chi connectivity index (χ1n) is 7.90. The van der Waals surface area contributed by atoms with Crippen LogP contribution in [-0.4, -0.2) is 46.7 Å². The maximum Gasteiger partial charge on any atom is 0.288 e. The van der Waals surface area contributed by atoms with Crippen molar-refractivity contribution in [3.8, 4) is 6.07 Å². The summed E-state index contributed by atoms with van der Waals surface area (Å²) in [4.78, 5) is 47.1. The van der Waals surface area contributed by atoms with Gasteiger partial charge in [0.05, 0.1) is 5.75 Å². The van der Waals surface area contributed by atoms with Crippen molar-refractivity contribution in [2.24, 2.45) is 0 Å². The van der Waals surface area contributed by atoms with Crippen molar-refractivity contribution in [3.63, 3.8) is 0 Å². The van der Waals surface area contributed by atoms with Crippen LogP contribution in [0.25, 0.3) is 0 Å². The van der Waals surface area contributed by atoms with Crippen LogP contribution in [-0.2, 0) is 14.4 Å². The van der Waals surface area contributed by atoms with E-state index in [4.69, 9.17) is 5.26 Å². The van der Waals surface area contributed by atoms with E-state index in [2.05, 4.69) is 16.0 Å². The SMILES string of the molecule is CC(=O)Nc1ccc(NC(=O)/C(C#N)=C\NCCN2C(=O)CSC2=O)cc1. The van der Waals surface area contributed by atoms with Crippen LogP contribution in [0, 0.1) is 11.3 Å². The lowest BCUT2D eigenvalue weighted by molar-refractivity contribution is -0.124. The first-order valence-corrected chi connectivity index (χ1v) is 8.89. The zero-order valence-corrected chi connectivity index (χ0v) is 15.3. The lowest BCUT2D eigenvalue weighted by atomic mass is 10.2. The smallest absolute Gasteiger partial charge is 0.288 e. The Balaban J connectivity index is 1.86. The van der Waals surface area contributed by atoms with Crippen molar-refractivity contribution in [1.82, 2.24) is 10.2 Å². The quantitative estimate of drug-likeness (QED) is 0.365. The maximum absolute atomic E-state index is 12.1. The van der Waals surface area contributed by atoms with E-state index in [0.717, 1.165) is 16.7 Å². The van der Waals surface area contributed by atoms with Gasteiger partial charge in [-0.2, -0.15) is 5.26 Å². The molecule has 0 saturated carbocycles. The second kappa shape index (κ2) is 9.40. The number of thioether (sulfide) groups is 1. The van der Waals surface area contributed by atoms with E-state index in [1.807, 2.05) is 0 Å². The van der Waals surface area contributed by atoms with Gasteiger partial charge in [0, 0.05) is 37.6 Å². The minimum atomic E-state index is -0.610. The van der Waals surface area contributed by atoms with Crippen LogP contribution in [0.4, 0.5) is 16.2 Å². The summed E-state index contributed by atoms with van der Waals surface area (Å²) in [5.74, 6) is -0.928. The topological polar surface area (TPSA) is 131 Å². The average Bonchev–Trinajstić information content (AvgIpc) is 2.94. The molecular formula is C17H17N5O4S. The Bertz CT molecular complexity index is 813. The van der Waals surface area contributed by atoms with Crippen LogP contribution in [0.2, 0.25) is 0 Å². The van der Waals surface area contributed by atoms with E-state index < -0.39 is 5.91 Å². The van der Waals surface area contributed by atoms with E-state index in [1.165, 1.54) is 13.1 Å². The van der Waals surface area contributed by atoms with Gasteiger partial charge in [-0.05, 0) is 24.3 Å². The van der Waals surface area contributed by atoms with Crippen molar-refractivity contribution < 1.29 is 19.2 Å². The van der Waals surface area contributed by atoms with Gasteiger partial charge in [-0.15, -0.1) is 0 Å². The standard InChI is InChI=1S/C17H17N5O4S/c1-11(23)20-13-2-4-14(5-3-13)21-16(25)12(8-18)9-19-6-7-22-15(24)10-27-17(22)26/h2-5,9,19H,6-7,10H2,1H3,(H,20,23)(H,21,25)/b12-9-. The predicted octanol–water partition coefficient (Wildman–Crippen LogP) is 1.28. The van der Waals surface area contributed by atoms with Gasteiger partial charge < -0.3 is 16.0 Å². The number of rotatable bonds is 7. The second-order valence-corrected chi connectivity index (χ2v) is 6.36. The number of carbonyl (C=O) groups excluding carboxylic acids is 4. The minimum Gasteiger partial charge on any atom is -0.388 e. The first-order chi connectivity index (χ1) is 12.9. The molecule has 1 fully saturated rings. The molecule has 1 saturated heterocycles. The molecule has 0 aromatic heterocycles. The Labute approximate surface area is 159 Å². The van der Waals surface area contributed by atoms with Gasteiger partial charge in [0.25, 0.3) is 11.1 Å². The molecule has 0 spiro atoms. The molecule has 1 aliphatic heterocycles. The zero-order chi connectivity index (χ0) is 19.8. The molecule has 9 nitrogen and oxygen atoms in total. The summed E-state index contributed by atoms with van der Waals surface area (Å²) in [5, 5.41) is 16.7. The van der Waals surface area contributed by atoms with Gasteiger partial charge in [0.15, 0.2) is 0 Å². The van der Waals surface area contributed by atoms with Gasteiger partial charge in [0.2, 0.25) is 11.8 Å². The molecule has 10 heteroatoms. The van der Waals surface area contributed by atoms with Crippen LogP contribution in [0.5, 0.6) is 0 Å². The average molecular weight is 387 g/mol. The monoisotopic (exact) mass is 387 g/mol. The third kappa shape index (κ3) is 5.86. The van der Waals surface area contributed by atoms with E-state index >= 15 is 0 Å². The Hall–Kier alpha value is -3.32. The third-order valence-corrected chi connectivity index (χ3v) is 4.25. The van der Waals surface area contributed by atoms with E-state index in [-0.39, 0.29) is 41.5 Å². The highest BCUT2D eigenvalue weighted by Gasteiger charge is 2.28. The predicted molar refractivity (Wildman–Crippen MR) is 101 cm³/mol. The fourth-order valence-corrected chi connectivity index (χ4v) is 2.89. The first kappa shape index (κ1) is 20.0. The largest absolute Gasteiger partial charge is 0.388 e. The molecule has 2 rings (SSSR count). The number of hydrogen-bond donors (Lipinski definition) is 3. The molecule has 1 aromatic rings. The Kier molecular flexibility index (Phi) is 6.96. The number of imide groups is 1. The highest BCUT2D eigenvalue weighted by Crippen LogP contribution is 2.17. The fourth-order valence-electron chi connectivity index (χ4n) is 2.13. The summed E-state index contributed by atoms with van der Waals surface area (Å²) in [5.41, 5.74) is 0.886. The lowest BCUT2D eigenvalue weighted by Crippen LogP contribution is -2.34. The van der Waals surface area contributed by atoms with Gasteiger partial charge in [-0.25, -0.2) is 0 Å². The normalized spacial score (nSPS) is 13.9. The summed E-state index contributed by atoms with van der Waals surface area (Å²) in [6.45, 7) is 1.77. The molecule has 1 aromatic carbocycles. The van der Waals surface area contributed by atoms with E-state index in [1.54, 1.807) is 30.3 Å². The number of hydrogen-bond acceptors (Lipinski definition) is 7. The number of anilines is 2. The number of benzene rings is 1. The molecule has 27 heavy (non-hydrogen) atoms. The molecule has 4 amide bonds. The van der Waals surface area contributed by atoms with Gasteiger partial charge >= 0.3 is 0 Å². The van der Waals surface area contributed by atoms with Crippen LogP contribution >= 0.6 is 11.8 Å². The summed E-state index contributed by atoms with van der Waals surface area (Å²) in [7, 11) is 0. The van der Waals surface area contributed by atoms with Gasteiger partial charge in [0.1, 0.15) is 11.6 Å². The number of carbonyl (C=O) groups is 4. The van der Waals surface area contributed by atoms with Crippen LogP contribution in [0.15, 0.2) is 36.0 Å². The molecule has 0 unspecified atom stereocenters. The summed E-state index contributed by atoms with van der Waals surface area (Å²) in [6.07, 6.45) is 1.24. The third-order valence-electron chi connectivity index (χ3n) is 3.39. The van der Waals surface area contributed by atoms with E-state index in [9.17, 15) is 19.2 Å². The van der Waals surface area contributed by atoms with Crippen molar-refractivity contribution in [1.29, 1.82) is 5.26 Å². The summed E-state index contributed by atoms with van der Waals surface area (Å²) >= 11 is 0.947. The molecule has 0 atom stereocenters. The highest BCUT2D eigenvalue weighted by atomic mass is 32.2. The van der Waals surface area contributed by atoms with Crippen molar-refractivity contribution in [2.45, 2.75) is 6.92 Å². The van der Waals surface area contributed by atoms with Crippen LogP contribution in [0.3, 0.4) is 0 Å². The number of nitrogens with one attached hydrogen (secondary N) is 3. The number of nitrogens with zero attached hydrogens (tertiary/aromatic N) is 2. The molecule has 1 heterocycles. The van der Waals surface area contributed by atoms with Gasteiger partial charge in [-0.3, -0.25) is 24.1 Å². The molecule has 0 aliphatic carbocycles. The second-order valence-electron chi connectivity index (χ2n) is 5.44. The number of nitriles is 1. The molecule has 1 aliphatic rings. The maximum atomic E-state index is 12.1. The summed E-state index contributed by atoms with van der Waals surface area (Å²) < 4.78 is 0.